The van der Waals surface area contributed by atoms with E-state index in [0.717, 1.165) is 0 Å². The zero-order valence-corrected chi connectivity index (χ0v) is 13.8. The number of halogens is 1. The van der Waals surface area contributed by atoms with Crippen LogP contribution in [0.15, 0.2) is 24.3 Å². The number of carbonyl (C=O) groups excluding carboxylic acids is 2. The number of hydrogen-bond donors (Lipinski definition) is 3. The van der Waals surface area contributed by atoms with Crippen molar-refractivity contribution in [2.45, 2.75) is 45.1 Å². The standard InChI is InChI=1S/C17H23FN2O4/c1-10(2)9-14(16(22)19-13-7-8-24-17(13)23)20-15(21)11-5-3-4-6-12(11)18/h3-6,10,13-14,17,23H,7-9H2,1-2H3,(H,19,22)(H,20,21)/t13-,14?,17?/m0/s1. The van der Waals surface area contributed by atoms with Crippen molar-refractivity contribution < 1.29 is 23.8 Å². The second-order valence-electron chi connectivity index (χ2n) is 6.30. The van der Waals surface area contributed by atoms with Gasteiger partial charge >= 0.3 is 0 Å². The van der Waals surface area contributed by atoms with Gasteiger partial charge in [-0.1, -0.05) is 26.0 Å². The quantitative estimate of drug-likeness (QED) is 0.727. The van der Waals surface area contributed by atoms with Gasteiger partial charge < -0.3 is 20.5 Å². The van der Waals surface area contributed by atoms with Gasteiger partial charge in [-0.15, -0.1) is 0 Å². The van der Waals surface area contributed by atoms with Crippen LogP contribution in [-0.4, -0.2) is 41.9 Å². The molecule has 2 unspecified atom stereocenters. The van der Waals surface area contributed by atoms with E-state index in [9.17, 15) is 19.1 Å². The number of hydrogen-bond acceptors (Lipinski definition) is 4. The highest BCUT2D eigenvalue weighted by Crippen LogP contribution is 2.13. The van der Waals surface area contributed by atoms with E-state index in [4.69, 9.17) is 4.74 Å². The number of aliphatic hydroxyl groups is 1. The number of ether oxygens (including phenoxy) is 1. The van der Waals surface area contributed by atoms with E-state index in [1.54, 1.807) is 6.07 Å². The molecule has 0 spiro atoms. The van der Waals surface area contributed by atoms with E-state index in [-0.39, 0.29) is 11.5 Å². The molecule has 0 saturated carbocycles. The first kappa shape index (κ1) is 18.4. The van der Waals surface area contributed by atoms with Gasteiger partial charge in [0.05, 0.1) is 18.2 Å². The first-order valence-electron chi connectivity index (χ1n) is 8.04. The average molecular weight is 338 g/mol. The molecule has 2 rings (SSSR count). The van der Waals surface area contributed by atoms with Gasteiger partial charge in [0.1, 0.15) is 11.9 Å². The molecule has 0 aliphatic carbocycles. The lowest BCUT2D eigenvalue weighted by Crippen LogP contribution is -2.52. The summed E-state index contributed by atoms with van der Waals surface area (Å²) in [6.07, 6.45) is -0.144. The Balaban J connectivity index is 2.06. The Kier molecular flexibility index (Phi) is 6.28. The number of amides is 2. The summed E-state index contributed by atoms with van der Waals surface area (Å²) in [7, 11) is 0. The van der Waals surface area contributed by atoms with E-state index in [1.807, 2.05) is 13.8 Å². The summed E-state index contributed by atoms with van der Waals surface area (Å²) in [5.74, 6) is -1.55. The van der Waals surface area contributed by atoms with Gasteiger partial charge in [-0.05, 0) is 30.9 Å². The number of rotatable bonds is 6. The number of aliphatic hydroxyl groups excluding tert-OH is 1. The largest absolute Gasteiger partial charge is 0.366 e. The van der Waals surface area contributed by atoms with Crippen LogP contribution in [0.3, 0.4) is 0 Å². The maximum atomic E-state index is 13.7. The maximum absolute atomic E-state index is 13.7. The van der Waals surface area contributed by atoms with Crippen LogP contribution in [0.2, 0.25) is 0 Å². The van der Waals surface area contributed by atoms with Crippen LogP contribution in [0.1, 0.15) is 37.0 Å². The van der Waals surface area contributed by atoms with Crippen molar-refractivity contribution in [3.8, 4) is 0 Å². The van der Waals surface area contributed by atoms with Gasteiger partial charge in [0, 0.05) is 0 Å². The molecule has 0 radical (unpaired) electrons. The molecular weight excluding hydrogens is 315 g/mol. The molecular formula is C17H23FN2O4. The third kappa shape index (κ3) is 4.75. The molecule has 3 N–H and O–H groups in total. The molecule has 2 amide bonds. The van der Waals surface area contributed by atoms with Crippen molar-refractivity contribution in [2.75, 3.05) is 6.61 Å². The molecule has 1 aromatic carbocycles. The first-order chi connectivity index (χ1) is 11.4. The second-order valence-corrected chi connectivity index (χ2v) is 6.30. The minimum absolute atomic E-state index is 0.108. The summed E-state index contributed by atoms with van der Waals surface area (Å²) >= 11 is 0. The average Bonchev–Trinajstić information content (AvgIpc) is 2.91. The molecule has 3 atom stereocenters. The monoisotopic (exact) mass is 338 g/mol. The van der Waals surface area contributed by atoms with E-state index < -0.39 is 36.0 Å². The van der Waals surface area contributed by atoms with Gasteiger partial charge in [-0.3, -0.25) is 9.59 Å². The minimum atomic E-state index is -1.05. The smallest absolute Gasteiger partial charge is 0.254 e. The van der Waals surface area contributed by atoms with Gasteiger partial charge in [0.2, 0.25) is 5.91 Å². The van der Waals surface area contributed by atoms with Crippen molar-refractivity contribution in [2.24, 2.45) is 5.92 Å². The van der Waals surface area contributed by atoms with Crippen LogP contribution in [0, 0.1) is 11.7 Å². The lowest BCUT2D eigenvalue weighted by molar-refractivity contribution is -0.127. The number of nitrogens with one attached hydrogen (secondary N) is 2. The first-order valence-corrected chi connectivity index (χ1v) is 8.04. The predicted molar refractivity (Wildman–Crippen MR) is 85.6 cm³/mol. The molecule has 1 aliphatic rings. The van der Waals surface area contributed by atoms with E-state index in [1.165, 1.54) is 18.2 Å². The summed E-state index contributed by atoms with van der Waals surface area (Å²) in [6.45, 7) is 4.20. The fourth-order valence-corrected chi connectivity index (χ4v) is 2.59. The Morgan fingerprint density at radius 2 is 2.08 bits per heavy atom. The molecule has 7 heteroatoms. The van der Waals surface area contributed by atoms with Crippen LogP contribution in [0.4, 0.5) is 4.39 Å². The van der Waals surface area contributed by atoms with Gasteiger partial charge in [0.15, 0.2) is 6.29 Å². The molecule has 1 saturated heterocycles. The van der Waals surface area contributed by atoms with Gasteiger partial charge in [0.25, 0.3) is 5.91 Å². The zero-order valence-electron chi connectivity index (χ0n) is 13.8. The lowest BCUT2D eigenvalue weighted by Gasteiger charge is -2.23. The summed E-state index contributed by atoms with van der Waals surface area (Å²) < 4.78 is 18.7. The van der Waals surface area contributed by atoms with Gasteiger partial charge in [-0.25, -0.2) is 4.39 Å². The third-order valence-corrected chi connectivity index (χ3v) is 3.84. The fourth-order valence-electron chi connectivity index (χ4n) is 2.59. The highest BCUT2D eigenvalue weighted by Gasteiger charge is 2.31. The Morgan fingerprint density at radius 1 is 1.38 bits per heavy atom. The SMILES string of the molecule is CC(C)CC(NC(=O)c1ccccc1F)C(=O)N[C@H]1CCOC1O. The predicted octanol–water partition coefficient (Wildman–Crippen LogP) is 1.19. The molecule has 24 heavy (non-hydrogen) atoms. The van der Waals surface area contributed by atoms with Crippen molar-refractivity contribution in [1.29, 1.82) is 0 Å². The van der Waals surface area contributed by atoms with E-state index >= 15 is 0 Å². The third-order valence-electron chi connectivity index (χ3n) is 3.84. The molecule has 0 bridgehead atoms. The molecule has 1 aromatic rings. The molecule has 1 aliphatic heterocycles. The highest BCUT2D eigenvalue weighted by molar-refractivity contribution is 5.97. The van der Waals surface area contributed by atoms with Crippen molar-refractivity contribution in [3.05, 3.63) is 35.6 Å². The zero-order chi connectivity index (χ0) is 17.7. The molecule has 6 nitrogen and oxygen atoms in total. The normalized spacial score (nSPS) is 21.5. The number of carbonyl (C=O) groups is 2. The molecule has 1 heterocycles. The summed E-state index contributed by atoms with van der Waals surface area (Å²) in [5, 5.41) is 14.9. The van der Waals surface area contributed by atoms with Crippen LogP contribution in [0.25, 0.3) is 0 Å². The van der Waals surface area contributed by atoms with E-state index in [2.05, 4.69) is 10.6 Å². The van der Waals surface area contributed by atoms with Gasteiger partial charge in [-0.2, -0.15) is 0 Å². The Hall–Kier alpha value is -1.99. The van der Waals surface area contributed by atoms with Crippen molar-refractivity contribution in [1.82, 2.24) is 10.6 Å². The van der Waals surface area contributed by atoms with Crippen LogP contribution in [0.5, 0.6) is 0 Å². The molecule has 132 valence electrons. The number of benzene rings is 1. The summed E-state index contributed by atoms with van der Waals surface area (Å²) in [5.41, 5.74) is -0.108. The Morgan fingerprint density at radius 3 is 2.67 bits per heavy atom. The lowest BCUT2D eigenvalue weighted by atomic mass is 10.0. The maximum Gasteiger partial charge on any atom is 0.254 e. The Bertz CT molecular complexity index is 594. The van der Waals surface area contributed by atoms with E-state index in [0.29, 0.717) is 19.4 Å². The van der Waals surface area contributed by atoms with Crippen LogP contribution < -0.4 is 10.6 Å². The fraction of sp³-hybridized carbons (Fsp3) is 0.529. The molecule has 1 fully saturated rings. The summed E-state index contributed by atoms with van der Waals surface area (Å²) in [6, 6.07) is 4.29. The summed E-state index contributed by atoms with van der Waals surface area (Å²) in [4.78, 5) is 24.7. The topological polar surface area (TPSA) is 87.7 Å². The molecule has 0 aromatic heterocycles. The van der Waals surface area contributed by atoms with Crippen molar-refractivity contribution in [3.63, 3.8) is 0 Å². The van der Waals surface area contributed by atoms with Crippen LogP contribution >= 0.6 is 0 Å². The van der Waals surface area contributed by atoms with Crippen LogP contribution in [-0.2, 0) is 9.53 Å². The highest BCUT2D eigenvalue weighted by atomic mass is 19.1. The van der Waals surface area contributed by atoms with Crippen molar-refractivity contribution >= 4 is 11.8 Å². The Labute approximate surface area is 140 Å². The second kappa shape index (κ2) is 8.21. The minimum Gasteiger partial charge on any atom is -0.366 e.